The Hall–Kier alpha value is -2.97. The third kappa shape index (κ3) is 2.92. The first kappa shape index (κ1) is 15.9. The number of hydrogen-bond acceptors (Lipinski definition) is 3. The third-order valence-electron chi connectivity index (χ3n) is 3.30. The Balaban J connectivity index is 1.90. The van der Waals surface area contributed by atoms with Crippen LogP contribution in [0.5, 0.6) is 0 Å². The van der Waals surface area contributed by atoms with Gasteiger partial charge in [-0.05, 0) is 31.2 Å². The van der Waals surface area contributed by atoms with Crippen molar-refractivity contribution in [2.45, 2.75) is 13.1 Å². The number of alkyl halides is 3. The number of carbonyl (C=O) groups excluding carboxylic acids is 1. The van der Waals surface area contributed by atoms with Gasteiger partial charge in [0.25, 0.3) is 5.91 Å². The number of fused-ring (bicyclic) bond motifs is 1. The van der Waals surface area contributed by atoms with Crippen LogP contribution < -0.4 is 5.32 Å². The average Bonchev–Trinajstić information content (AvgIpc) is 2.82. The lowest BCUT2D eigenvalue weighted by molar-refractivity contribution is -0.137. The van der Waals surface area contributed by atoms with E-state index in [9.17, 15) is 22.4 Å². The van der Waals surface area contributed by atoms with Gasteiger partial charge in [0.05, 0.1) is 11.3 Å². The fourth-order valence-corrected chi connectivity index (χ4v) is 2.22. The van der Waals surface area contributed by atoms with E-state index >= 15 is 0 Å². The highest BCUT2D eigenvalue weighted by atomic mass is 19.4. The van der Waals surface area contributed by atoms with Crippen molar-refractivity contribution in [2.24, 2.45) is 0 Å². The van der Waals surface area contributed by atoms with Gasteiger partial charge in [-0.15, -0.1) is 0 Å². The second kappa shape index (κ2) is 5.59. The van der Waals surface area contributed by atoms with Crippen LogP contribution in [0.2, 0.25) is 0 Å². The van der Waals surface area contributed by atoms with Crippen molar-refractivity contribution in [1.82, 2.24) is 14.4 Å². The maximum Gasteiger partial charge on any atom is 0.417 e. The Kier molecular flexibility index (Phi) is 3.70. The number of pyridine rings is 2. The van der Waals surface area contributed by atoms with Crippen LogP contribution in [-0.4, -0.2) is 20.3 Å². The van der Waals surface area contributed by atoms with Crippen LogP contribution in [0.4, 0.5) is 23.4 Å². The van der Waals surface area contributed by atoms with E-state index in [-0.39, 0.29) is 11.5 Å². The topological polar surface area (TPSA) is 59.3 Å². The SMILES string of the molecule is Cc1nc2ccc(F)cn2c1C(=O)Nc1ccc(C(F)(F)F)cn1. The van der Waals surface area contributed by atoms with E-state index in [2.05, 4.69) is 15.3 Å². The molecule has 0 aromatic carbocycles. The van der Waals surface area contributed by atoms with E-state index in [4.69, 9.17) is 0 Å². The minimum absolute atomic E-state index is 0.0567. The largest absolute Gasteiger partial charge is 0.417 e. The van der Waals surface area contributed by atoms with E-state index in [1.54, 1.807) is 6.92 Å². The molecule has 0 aliphatic rings. The summed E-state index contributed by atoms with van der Waals surface area (Å²) in [5, 5.41) is 2.37. The molecule has 24 heavy (non-hydrogen) atoms. The fraction of sp³-hybridized carbons (Fsp3) is 0.133. The smallest absolute Gasteiger partial charge is 0.305 e. The predicted molar refractivity (Wildman–Crippen MR) is 77.1 cm³/mol. The highest BCUT2D eigenvalue weighted by Crippen LogP contribution is 2.28. The molecular weight excluding hydrogens is 328 g/mol. The summed E-state index contributed by atoms with van der Waals surface area (Å²) < 4.78 is 52.1. The number of nitrogens with zero attached hydrogens (tertiary/aromatic N) is 3. The Labute approximate surface area is 133 Å². The molecular formula is C15H10F4N4O. The number of aryl methyl sites for hydroxylation is 1. The van der Waals surface area contributed by atoms with Gasteiger partial charge in [0, 0.05) is 12.4 Å². The van der Waals surface area contributed by atoms with Crippen LogP contribution in [0.15, 0.2) is 36.7 Å². The zero-order valence-electron chi connectivity index (χ0n) is 12.2. The monoisotopic (exact) mass is 338 g/mol. The number of nitrogens with one attached hydrogen (secondary N) is 1. The van der Waals surface area contributed by atoms with Crippen LogP contribution in [0, 0.1) is 12.7 Å². The van der Waals surface area contributed by atoms with Gasteiger partial charge in [-0.3, -0.25) is 9.20 Å². The van der Waals surface area contributed by atoms with Crippen LogP contribution in [0.3, 0.4) is 0 Å². The van der Waals surface area contributed by atoms with Crippen molar-refractivity contribution in [3.63, 3.8) is 0 Å². The molecule has 0 bridgehead atoms. The molecule has 0 atom stereocenters. The lowest BCUT2D eigenvalue weighted by Gasteiger charge is -2.08. The molecule has 3 rings (SSSR count). The van der Waals surface area contributed by atoms with Crippen molar-refractivity contribution in [1.29, 1.82) is 0 Å². The number of imidazole rings is 1. The van der Waals surface area contributed by atoms with Gasteiger partial charge in [0.1, 0.15) is 23.0 Å². The normalized spacial score (nSPS) is 11.7. The summed E-state index contributed by atoms with van der Waals surface area (Å²) in [5.74, 6) is -1.27. The summed E-state index contributed by atoms with van der Waals surface area (Å²) >= 11 is 0. The van der Waals surface area contributed by atoms with Gasteiger partial charge in [0.15, 0.2) is 0 Å². The van der Waals surface area contributed by atoms with Gasteiger partial charge in [-0.25, -0.2) is 14.4 Å². The average molecular weight is 338 g/mol. The van der Waals surface area contributed by atoms with Crippen LogP contribution in [0.1, 0.15) is 21.7 Å². The molecule has 9 heteroatoms. The Morgan fingerprint density at radius 2 is 1.96 bits per heavy atom. The predicted octanol–water partition coefficient (Wildman–Crippen LogP) is 3.45. The molecule has 1 amide bonds. The van der Waals surface area contributed by atoms with Gasteiger partial charge in [-0.2, -0.15) is 13.2 Å². The van der Waals surface area contributed by atoms with E-state index in [1.807, 2.05) is 0 Å². The van der Waals surface area contributed by atoms with Crippen molar-refractivity contribution in [3.8, 4) is 0 Å². The number of carbonyl (C=O) groups is 1. The van der Waals surface area contributed by atoms with E-state index < -0.39 is 23.5 Å². The second-order valence-electron chi connectivity index (χ2n) is 5.01. The number of hydrogen-bond donors (Lipinski definition) is 1. The van der Waals surface area contributed by atoms with Crippen molar-refractivity contribution in [2.75, 3.05) is 5.32 Å². The molecule has 3 heterocycles. The number of rotatable bonds is 2. The summed E-state index contributed by atoms with van der Waals surface area (Å²) in [5.41, 5.74) is -0.121. The summed E-state index contributed by atoms with van der Waals surface area (Å²) in [4.78, 5) is 20.0. The highest BCUT2D eigenvalue weighted by Gasteiger charge is 2.30. The summed E-state index contributed by atoms with van der Waals surface area (Å²) in [6, 6.07) is 4.47. The van der Waals surface area contributed by atoms with Crippen LogP contribution in [0.25, 0.3) is 5.65 Å². The molecule has 0 saturated carbocycles. The maximum atomic E-state index is 13.4. The summed E-state index contributed by atoms with van der Waals surface area (Å²) in [6.45, 7) is 1.57. The molecule has 0 radical (unpaired) electrons. The molecule has 3 aromatic heterocycles. The molecule has 0 aliphatic heterocycles. The second-order valence-corrected chi connectivity index (χ2v) is 5.01. The first-order valence-electron chi connectivity index (χ1n) is 6.74. The molecule has 3 aromatic rings. The minimum atomic E-state index is -4.51. The van der Waals surface area contributed by atoms with E-state index in [1.165, 1.54) is 16.5 Å². The van der Waals surface area contributed by atoms with E-state index in [0.717, 1.165) is 18.3 Å². The molecule has 0 aliphatic carbocycles. The Morgan fingerprint density at radius 3 is 2.58 bits per heavy atom. The Bertz CT molecular complexity index is 916. The van der Waals surface area contributed by atoms with Gasteiger partial charge >= 0.3 is 6.18 Å². The van der Waals surface area contributed by atoms with E-state index in [0.29, 0.717) is 17.5 Å². The molecule has 0 unspecified atom stereocenters. The maximum absolute atomic E-state index is 13.4. The van der Waals surface area contributed by atoms with Crippen molar-refractivity contribution < 1.29 is 22.4 Å². The number of anilines is 1. The van der Waals surface area contributed by atoms with Crippen molar-refractivity contribution in [3.05, 3.63) is 59.4 Å². The third-order valence-corrected chi connectivity index (χ3v) is 3.30. The molecule has 1 N–H and O–H groups in total. The Morgan fingerprint density at radius 1 is 1.21 bits per heavy atom. The van der Waals surface area contributed by atoms with Crippen LogP contribution in [-0.2, 0) is 6.18 Å². The standard InChI is InChI=1S/C15H10F4N4O/c1-8-13(23-7-10(16)3-5-12(23)21-8)14(24)22-11-4-2-9(6-20-11)15(17,18)19/h2-7H,1H3,(H,20,22,24). The molecule has 0 saturated heterocycles. The molecule has 0 fully saturated rings. The van der Waals surface area contributed by atoms with Gasteiger partial charge in [-0.1, -0.05) is 0 Å². The lowest BCUT2D eigenvalue weighted by atomic mass is 10.2. The zero-order valence-corrected chi connectivity index (χ0v) is 12.2. The first-order chi connectivity index (χ1) is 11.3. The fourth-order valence-electron chi connectivity index (χ4n) is 2.22. The highest BCUT2D eigenvalue weighted by molar-refractivity contribution is 6.03. The van der Waals surface area contributed by atoms with Crippen LogP contribution >= 0.6 is 0 Å². The molecule has 5 nitrogen and oxygen atoms in total. The van der Waals surface area contributed by atoms with Gasteiger partial charge in [0.2, 0.25) is 0 Å². The lowest BCUT2D eigenvalue weighted by Crippen LogP contribution is -2.17. The van der Waals surface area contributed by atoms with Gasteiger partial charge < -0.3 is 5.32 Å². The summed E-state index contributed by atoms with van der Waals surface area (Å²) in [7, 11) is 0. The molecule has 124 valence electrons. The quantitative estimate of drug-likeness (QED) is 0.728. The summed E-state index contributed by atoms with van der Waals surface area (Å²) in [6.07, 6.45) is -2.79. The number of aromatic nitrogens is 3. The zero-order chi connectivity index (χ0) is 17.5. The first-order valence-corrected chi connectivity index (χ1v) is 6.74. The number of amides is 1. The van der Waals surface area contributed by atoms with Crippen molar-refractivity contribution >= 4 is 17.4 Å². The molecule has 0 spiro atoms. The minimum Gasteiger partial charge on any atom is -0.305 e. The number of halogens is 4.